The Morgan fingerprint density at radius 1 is 1.27 bits per heavy atom. The highest BCUT2D eigenvalue weighted by atomic mass is 32.2. The van der Waals surface area contributed by atoms with Gasteiger partial charge in [0.05, 0.1) is 11.0 Å². The third kappa shape index (κ3) is 1.58. The average Bonchev–Trinajstić information content (AvgIpc) is 2.61. The van der Waals surface area contributed by atoms with Gasteiger partial charge in [0.25, 0.3) is 9.84 Å². The summed E-state index contributed by atoms with van der Waals surface area (Å²) in [6.45, 7) is 0. The first-order valence-electron chi connectivity index (χ1n) is 3.98. The molecule has 2 aromatic rings. The lowest BCUT2D eigenvalue weighted by Gasteiger charge is -1.96. The molecule has 0 aliphatic heterocycles. The highest BCUT2D eigenvalue weighted by molar-refractivity contribution is 7.91. The van der Waals surface area contributed by atoms with Crippen LogP contribution in [0.5, 0.6) is 0 Å². The number of sulfone groups is 1. The van der Waals surface area contributed by atoms with Crippen LogP contribution in [0, 0.1) is 0 Å². The van der Waals surface area contributed by atoms with Gasteiger partial charge in [0.1, 0.15) is 0 Å². The second-order valence-corrected chi connectivity index (χ2v) is 4.70. The Balaban J connectivity index is 2.64. The van der Waals surface area contributed by atoms with Crippen molar-refractivity contribution in [1.29, 1.82) is 0 Å². The van der Waals surface area contributed by atoms with Gasteiger partial charge in [-0.1, -0.05) is 12.1 Å². The predicted molar refractivity (Wildman–Crippen MR) is 49.3 cm³/mol. The minimum absolute atomic E-state index is 0.344. The van der Waals surface area contributed by atoms with Crippen LogP contribution in [0.2, 0.25) is 0 Å². The molecule has 0 bridgehead atoms. The lowest BCUT2D eigenvalue weighted by Crippen LogP contribution is -2.12. The first-order chi connectivity index (χ1) is 7.01. The van der Waals surface area contributed by atoms with Gasteiger partial charge in [-0.3, -0.25) is 0 Å². The summed E-state index contributed by atoms with van der Waals surface area (Å²) in [5, 5.41) is -0.696. The van der Waals surface area contributed by atoms with Crippen molar-refractivity contribution in [2.75, 3.05) is 0 Å². The molecule has 0 atom stereocenters. The Morgan fingerprint density at radius 3 is 2.53 bits per heavy atom. The molecule has 0 saturated heterocycles. The summed E-state index contributed by atoms with van der Waals surface area (Å²) in [6, 6.07) is 6.39. The van der Waals surface area contributed by atoms with E-state index in [1.54, 1.807) is 18.2 Å². The Kier molecular flexibility index (Phi) is 2.18. The largest absolute Gasteiger partial charge is 0.344 e. The topological polar surface area (TPSA) is 62.8 Å². The van der Waals surface area contributed by atoms with E-state index in [4.69, 9.17) is 0 Å². The van der Waals surface area contributed by atoms with Gasteiger partial charge in [-0.2, -0.15) is 8.78 Å². The van der Waals surface area contributed by atoms with Crippen LogP contribution in [0.4, 0.5) is 8.78 Å². The summed E-state index contributed by atoms with van der Waals surface area (Å²) in [4.78, 5) is 5.92. The summed E-state index contributed by atoms with van der Waals surface area (Å²) in [5.74, 6) is -3.46. The average molecular weight is 232 g/mol. The van der Waals surface area contributed by atoms with E-state index in [-0.39, 0.29) is 0 Å². The van der Waals surface area contributed by atoms with Gasteiger partial charge < -0.3 is 4.98 Å². The number of alkyl halides is 2. The van der Waals surface area contributed by atoms with Crippen LogP contribution in [0.15, 0.2) is 29.4 Å². The number of aromatic amines is 1. The van der Waals surface area contributed by atoms with E-state index in [9.17, 15) is 17.2 Å². The molecule has 1 heterocycles. The number of fused-ring (bicyclic) bond motifs is 1. The Morgan fingerprint density at radius 2 is 1.93 bits per heavy atom. The second kappa shape index (κ2) is 3.27. The van der Waals surface area contributed by atoms with Crippen LogP contribution in [0.25, 0.3) is 11.0 Å². The molecule has 0 saturated carbocycles. The van der Waals surface area contributed by atoms with Gasteiger partial charge in [-0.15, -0.1) is 0 Å². The third-order valence-electron chi connectivity index (χ3n) is 1.87. The van der Waals surface area contributed by atoms with Gasteiger partial charge in [-0.25, -0.2) is 13.4 Å². The molecule has 0 fully saturated rings. The van der Waals surface area contributed by atoms with Crippen LogP contribution in [-0.4, -0.2) is 24.1 Å². The fourth-order valence-corrected chi connectivity index (χ4v) is 1.80. The maximum Gasteiger partial charge on any atom is 0.344 e. The monoisotopic (exact) mass is 232 g/mol. The van der Waals surface area contributed by atoms with Gasteiger partial charge in [0, 0.05) is 0 Å². The maximum absolute atomic E-state index is 12.2. The molecule has 0 unspecified atom stereocenters. The molecule has 0 spiro atoms. The van der Waals surface area contributed by atoms with E-state index >= 15 is 0 Å². The minimum Gasteiger partial charge on any atom is -0.329 e. The molecule has 0 aliphatic rings. The summed E-state index contributed by atoms with van der Waals surface area (Å²) in [5.41, 5.74) is 0.758. The lowest BCUT2D eigenvalue weighted by molar-refractivity contribution is 0.234. The SMILES string of the molecule is O=S(=O)(c1nc2ccccc2[nH]1)C(F)F. The molecule has 2 rings (SSSR count). The Labute approximate surface area is 83.9 Å². The van der Waals surface area contributed by atoms with Crippen molar-refractivity contribution >= 4 is 20.9 Å². The number of H-pyrrole nitrogens is 1. The number of benzene rings is 1. The van der Waals surface area contributed by atoms with E-state index in [2.05, 4.69) is 9.97 Å². The van der Waals surface area contributed by atoms with Gasteiger partial charge >= 0.3 is 5.76 Å². The molecule has 1 aromatic carbocycles. The number of halogens is 2. The fourth-order valence-electron chi connectivity index (χ4n) is 1.15. The minimum atomic E-state index is -4.64. The number of imidazole rings is 1. The molecule has 15 heavy (non-hydrogen) atoms. The normalized spacial score (nSPS) is 12.5. The maximum atomic E-state index is 12.2. The molecular formula is C8H6F2N2O2S. The predicted octanol–water partition coefficient (Wildman–Crippen LogP) is 1.56. The van der Waals surface area contributed by atoms with Crippen LogP contribution < -0.4 is 0 Å². The van der Waals surface area contributed by atoms with Crippen molar-refractivity contribution in [2.24, 2.45) is 0 Å². The van der Waals surface area contributed by atoms with Crippen molar-refractivity contribution in [3.63, 3.8) is 0 Å². The first kappa shape index (κ1) is 10.0. The van der Waals surface area contributed by atoms with E-state index in [1.807, 2.05) is 0 Å². The first-order valence-corrected chi connectivity index (χ1v) is 5.53. The fraction of sp³-hybridized carbons (Fsp3) is 0.125. The van der Waals surface area contributed by atoms with E-state index in [0.29, 0.717) is 11.0 Å². The number of nitrogens with zero attached hydrogens (tertiary/aromatic N) is 1. The molecule has 80 valence electrons. The second-order valence-electron chi connectivity index (χ2n) is 2.86. The summed E-state index contributed by atoms with van der Waals surface area (Å²) in [7, 11) is -4.64. The molecule has 1 aromatic heterocycles. The van der Waals surface area contributed by atoms with Crippen molar-refractivity contribution in [2.45, 2.75) is 10.9 Å². The zero-order valence-electron chi connectivity index (χ0n) is 7.31. The number of hydrogen-bond acceptors (Lipinski definition) is 3. The highest BCUT2D eigenvalue weighted by Crippen LogP contribution is 2.18. The Bertz CT molecular complexity index is 558. The molecule has 0 amide bonds. The standard InChI is InChI=1S/C8H6F2N2O2S/c9-7(10)15(13,14)8-11-5-3-1-2-4-6(5)12-8/h1-4,7H,(H,11,12). The van der Waals surface area contributed by atoms with Crippen LogP contribution in [-0.2, 0) is 9.84 Å². The number of rotatable bonds is 2. The Hall–Kier alpha value is -1.50. The molecule has 0 radical (unpaired) electrons. The van der Waals surface area contributed by atoms with Crippen molar-refractivity contribution in [1.82, 2.24) is 9.97 Å². The van der Waals surface area contributed by atoms with Crippen molar-refractivity contribution < 1.29 is 17.2 Å². The zero-order valence-corrected chi connectivity index (χ0v) is 8.13. The van der Waals surface area contributed by atoms with Crippen LogP contribution >= 0.6 is 0 Å². The van der Waals surface area contributed by atoms with Gasteiger partial charge in [0.2, 0.25) is 5.16 Å². The van der Waals surface area contributed by atoms with E-state index < -0.39 is 20.8 Å². The molecule has 0 aliphatic carbocycles. The van der Waals surface area contributed by atoms with Gasteiger partial charge in [-0.05, 0) is 12.1 Å². The molecular weight excluding hydrogens is 226 g/mol. The van der Waals surface area contributed by atoms with Crippen molar-refractivity contribution in [3.8, 4) is 0 Å². The summed E-state index contributed by atoms with van der Waals surface area (Å²) < 4.78 is 46.5. The zero-order chi connectivity index (χ0) is 11.1. The number of nitrogens with one attached hydrogen (secondary N) is 1. The number of para-hydroxylation sites is 2. The number of aromatic nitrogens is 2. The van der Waals surface area contributed by atoms with Crippen LogP contribution in [0.1, 0.15) is 0 Å². The molecule has 7 heteroatoms. The quantitative estimate of drug-likeness (QED) is 0.854. The highest BCUT2D eigenvalue weighted by Gasteiger charge is 2.29. The van der Waals surface area contributed by atoms with E-state index in [0.717, 1.165) is 0 Å². The lowest BCUT2D eigenvalue weighted by atomic mass is 10.3. The molecule has 4 nitrogen and oxygen atoms in total. The van der Waals surface area contributed by atoms with Gasteiger partial charge in [0.15, 0.2) is 0 Å². The summed E-state index contributed by atoms with van der Waals surface area (Å²) >= 11 is 0. The van der Waals surface area contributed by atoms with Crippen LogP contribution in [0.3, 0.4) is 0 Å². The number of hydrogen-bond donors (Lipinski definition) is 1. The summed E-state index contributed by atoms with van der Waals surface area (Å²) in [6.07, 6.45) is 0. The smallest absolute Gasteiger partial charge is 0.329 e. The van der Waals surface area contributed by atoms with Crippen molar-refractivity contribution in [3.05, 3.63) is 24.3 Å². The third-order valence-corrected chi connectivity index (χ3v) is 3.07. The molecule has 1 N–H and O–H groups in total. The van der Waals surface area contributed by atoms with E-state index in [1.165, 1.54) is 6.07 Å².